The maximum absolute atomic E-state index is 5.26. The SMILES string of the molecule is CCCCOCCCN.[H-].[Na+]. The molecule has 0 aromatic carbocycles. The van der Waals surface area contributed by atoms with E-state index in [9.17, 15) is 0 Å². The minimum atomic E-state index is 0. The van der Waals surface area contributed by atoms with Crippen LogP contribution in [0.25, 0.3) is 0 Å². The Kier molecular flexibility index (Phi) is 17.0. The van der Waals surface area contributed by atoms with E-state index in [4.69, 9.17) is 10.5 Å². The summed E-state index contributed by atoms with van der Waals surface area (Å²) in [5.74, 6) is 0. The van der Waals surface area contributed by atoms with Crippen LogP contribution >= 0.6 is 0 Å². The van der Waals surface area contributed by atoms with Gasteiger partial charge >= 0.3 is 29.6 Å². The smallest absolute Gasteiger partial charge is 1.00 e. The summed E-state index contributed by atoms with van der Waals surface area (Å²) >= 11 is 0. The molecule has 0 radical (unpaired) electrons. The average Bonchev–Trinajstić information content (AvgIpc) is 1.89. The van der Waals surface area contributed by atoms with Crippen LogP contribution in [0.4, 0.5) is 0 Å². The van der Waals surface area contributed by atoms with Gasteiger partial charge in [0.25, 0.3) is 0 Å². The van der Waals surface area contributed by atoms with Crippen LogP contribution in [-0.2, 0) is 4.74 Å². The van der Waals surface area contributed by atoms with Gasteiger partial charge in [-0.05, 0) is 19.4 Å². The molecule has 0 rings (SSSR count). The second-order valence-electron chi connectivity index (χ2n) is 2.11. The molecule has 0 aromatic rings. The predicted molar refractivity (Wildman–Crippen MR) is 40.5 cm³/mol. The Morgan fingerprint density at radius 1 is 1.30 bits per heavy atom. The molecule has 0 unspecified atom stereocenters. The summed E-state index contributed by atoms with van der Waals surface area (Å²) in [4.78, 5) is 0. The van der Waals surface area contributed by atoms with E-state index in [1.165, 1.54) is 12.8 Å². The Labute approximate surface area is 87.3 Å². The Morgan fingerprint density at radius 3 is 2.40 bits per heavy atom. The van der Waals surface area contributed by atoms with E-state index in [2.05, 4.69) is 6.92 Å². The van der Waals surface area contributed by atoms with Crippen molar-refractivity contribution >= 4 is 0 Å². The Morgan fingerprint density at radius 2 is 1.90 bits per heavy atom. The molecule has 0 aliphatic carbocycles. The monoisotopic (exact) mass is 155 g/mol. The number of unbranched alkanes of at least 4 members (excludes halogenated alkanes) is 1. The van der Waals surface area contributed by atoms with Gasteiger partial charge in [0.1, 0.15) is 0 Å². The second-order valence-corrected chi connectivity index (χ2v) is 2.11. The van der Waals surface area contributed by atoms with E-state index < -0.39 is 0 Å². The molecular weight excluding hydrogens is 137 g/mol. The zero-order chi connectivity index (χ0) is 6.95. The van der Waals surface area contributed by atoms with Crippen molar-refractivity contribution < 1.29 is 35.7 Å². The van der Waals surface area contributed by atoms with E-state index in [0.29, 0.717) is 0 Å². The fourth-order valence-corrected chi connectivity index (χ4v) is 0.534. The van der Waals surface area contributed by atoms with Crippen LogP contribution in [0.15, 0.2) is 0 Å². The van der Waals surface area contributed by atoms with E-state index >= 15 is 0 Å². The van der Waals surface area contributed by atoms with Crippen molar-refractivity contribution in [3.8, 4) is 0 Å². The molecule has 0 atom stereocenters. The van der Waals surface area contributed by atoms with Crippen molar-refractivity contribution in [3.63, 3.8) is 0 Å². The summed E-state index contributed by atoms with van der Waals surface area (Å²) in [7, 11) is 0. The molecule has 58 valence electrons. The molecule has 0 amide bonds. The van der Waals surface area contributed by atoms with Crippen molar-refractivity contribution in [1.29, 1.82) is 0 Å². The molecule has 0 aliphatic rings. The molecule has 0 aromatic heterocycles. The summed E-state index contributed by atoms with van der Waals surface area (Å²) in [5, 5.41) is 0. The van der Waals surface area contributed by atoms with E-state index in [1.54, 1.807) is 0 Å². The van der Waals surface area contributed by atoms with Crippen LogP contribution in [-0.4, -0.2) is 19.8 Å². The van der Waals surface area contributed by atoms with Crippen LogP contribution in [0, 0.1) is 0 Å². The third kappa shape index (κ3) is 11.7. The fraction of sp³-hybridized carbons (Fsp3) is 1.00. The molecule has 0 spiro atoms. The molecule has 10 heavy (non-hydrogen) atoms. The van der Waals surface area contributed by atoms with Gasteiger partial charge in [-0.15, -0.1) is 0 Å². The minimum absolute atomic E-state index is 0. The van der Waals surface area contributed by atoms with Crippen LogP contribution in [0.2, 0.25) is 0 Å². The first kappa shape index (κ1) is 13.5. The molecule has 2 N–H and O–H groups in total. The van der Waals surface area contributed by atoms with Crippen molar-refractivity contribution in [2.24, 2.45) is 5.73 Å². The quantitative estimate of drug-likeness (QED) is 0.365. The van der Waals surface area contributed by atoms with Gasteiger partial charge in [0.05, 0.1) is 0 Å². The predicted octanol–water partition coefficient (Wildman–Crippen LogP) is -1.73. The topological polar surface area (TPSA) is 35.2 Å². The first-order chi connectivity index (χ1) is 4.41. The second kappa shape index (κ2) is 12.6. The average molecular weight is 155 g/mol. The van der Waals surface area contributed by atoms with E-state index in [0.717, 1.165) is 26.2 Å². The largest absolute Gasteiger partial charge is 1.00 e. The summed E-state index contributed by atoms with van der Waals surface area (Å²) < 4.78 is 5.23. The summed E-state index contributed by atoms with van der Waals surface area (Å²) in [6, 6.07) is 0. The maximum atomic E-state index is 5.26. The summed E-state index contributed by atoms with van der Waals surface area (Å²) in [5.41, 5.74) is 5.26. The zero-order valence-electron chi connectivity index (χ0n) is 8.23. The van der Waals surface area contributed by atoms with Gasteiger partial charge in [0.15, 0.2) is 0 Å². The number of hydrogen-bond donors (Lipinski definition) is 1. The Hall–Kier alpha value is 0.920. The zero-order valence-corrected chi connectivity index (χ0v) is 9.23. The molecule has 3 heteroatoms. The Bertz CT molecular complexity index is 51.7. The number of rotatable bonds is 6. The number of nitrogens with two attached hydrogens (primary N) is 1. The molecule has 0 saturated heterocycles. The molecule has 0 aliphatic heterocycles. The van der Waals surface area contributed by atoms with Gasteiger partial charge in [-0.25, -0.2) is 0 Å². The third-order valence-corrected chi connectivity index (χ3v) is 1.14. The van der Waals surface area contributed by atoms with Crippen LogP contribution in [0.1, 0.15) is 27.6 Å². The normalized spacial score (nSPS) is 9.00. The summed E-state index contributed by atoms with van der Waals surface area (Å²) in [6.07, 6.45) is 3.37. The first-order valence-electron chi connectivity index (χ1n) is 3.69. The van der Waals surface area contributed by atoms with Crippen molar-refractivity contribution in [1.82, 2.24) is 0 Å². The van der Waals surface area contributed by atoms with Crippen molar-refractivity contribution in [2.75, 3.05) is 19.8 Å². The standard InChI is InChI=1S/C7H17NO.Na.H/c1-2-3-6-9-7-4-5-8;;/h2-8H2,1H3;;/q;+1;-1. The molecule has 0 heterocycles. The van der Waals surface area contributed by atoms with Crippen LogP contribution < -0.4 is 35.3 Å². The van der Waals surface area contributed by atoms with Gasteiger partial charge in [0, 0.05) is 13.2 Å². The number of ether oxygens (including phenoxy) is 1. The fourth-order valence-electron chi connectivity index (χ4n) is 0.534. The van der Waals surface area contributed by atoms with Gasteiger partial charge in [-0.3, -0.25) is 0 Å². The van der Waals surface area contributed by atoms with Crippen molar-refractivity contribution in [2.45, 2.75) is 26.2 Å². The van der Waals surface area contributed by atoms with E-state index in [1.807, 2.05) is 0 Å². The van der Waals surface area contributed by atoms with Gasteiger partial charge in [-0.2, -0.15) is 0 Å². The third-order valence-electron chi connectivity index (χ3n) is 1.14. The molecule has 0 fully saturated rings. The van der Waals surface area contributed by atoms with E-state index in [-0.39, 0.29) is 31.0 Å². The van der Waals surface area contributed by atoms with Crippen molar-refractivity contribution in [3.05, 3.63) is 0 Å². The molecule has 0 saturated carbocycles. The minimum Gasteiger partial charge on any atom is -1.00 e. The number of hydrogen-bond acceptors (Lipinski definition) is 2. The first-order valence-corrected chi connectivity index (χ1v) is 3.69. The van der Waals surface area contributed by atoms with Gasteiger partial charge in [0.2, 0.25) is 0 Å². The van der Waals surface area contributed by atoms with Crippen LogP contribution in [0.5, 0.6) is 0 Å². The van der Waals surface area contributed by atoms with Gasteiger partial charge < -0.3 is 11.9 Å². The Balaban J connectivity index is -0.000000320. The molecule has 2 nitrogen and oxygen atoms in total. The molecule has 0 bridgehead atoms. The van der Waals surface area contributed by atoms with Crippen LogP contribution in [0.3, 0.4) is 0 Å². The summed E-state index contributed by atoms with van der Waals surface area (Å²) in [6.45, 7) is 4.63. The van der Waals surface area contributed by atoms with Gasteiger partial charge in [-0.1, -0.05) is 13.3 Å². The maximum Gasteiger partial charge on any atom is 1.00 e. The molecular formula is C7H18NNaO.